The van der Waals surface area contributed by atoms with E-state index in [2.05, 4.69) is 10.4 Å². The van der Waals surface area contributed by atoms with Crippen molar-refractivity contribution < 1.29 is 19.0 Å². The van der Waals surface area contributed by atoms with E-state index in [0.717, 1.165) is 11.1 Å². The highest BCUT2D eigenvalue weighted by Crippen LogP contribution is 2.47. The van der Waals surface area contributed by atoms with Crippen LogP contribution in [-0.4, -0.2) is 42.8 Å². The first-order chi connectivity index (χ1) is 11.6. The van der Waals surface area contributed by atoms with E-state index in [1.54, 1.807) is 45.3 Å². The Hall–Kier alpha value is -2.35. The number of aryl methyl sites for hydroxylation is 1. The average molecular weight is 349 g/mol. The number of fused-ring (bicyclic) bond motifs is 1. The normalized spacial score (nSPS) is 16.8. The molecule has 2 aromatic rings. The average Bonchev–Trinajstić information content (AvgIpc) is 2.85. The van der Waals surface area contributed by atoms with E-state index in [1.807, 2.05) is 6.07 Å². The van der Waals surface area contributed by atoms with E-state index >= 15 is 0 Å². The number of amides is 1. The number of hydrogen-bond donors (Lipinski definition) is 1. The molecule has 3 rings (SSSR count). The standard InChI is InChI=1S/C16H19N3O4S/c1-19-16-10(7-17-19)15(24-8-14(20)18-16)9-5-12(22-3)13(23-4)6-11(9)21-2/h5-7,15H,8H2,1-4H3,(H,18,20)/t15-/m1/s1. The Morgan fingerprint density at radius 2 is 1.79 bits per heavy atom. The zero-order valence-electron chi connectivity index (χ0n) is 14.0. The minimum Gasteiger partial charge on any atom is -0.496 e. The van der Waals surface area contributed by atoms with Crippen LogP contribution in [0.25, 0.3) is 0 Å². The van der Waals surface area contributed by atoms with E-state index < -0.39 is 0 Å². The van der Waals surface area contributed by atoms with Gasteiger partial charge in [0.25, 0.3) is 0 Å². The summed E-state index contributed by atoms with van der Waals surface area (Å²) in [5, 5.41) is 7.07. The number of hydrogen-bond acceptors (Lipinski definition) is 6. The Kier molecular flexibility index (Phi) is 4.57. The molecule has 0 spiro atoms. The highest BCUT2D eigenvalue weighted by atomic mass is 32.2. The minimum atomic E-state index is -0.109. The van der Waals surface area contributed by atoms with Crippen LogP contribution in [0.5, 0.6) is 17.2 Å². The fourth-order valence-corrected chi connectivity index (χ4v) is 3.84. The van der Waals surface area contributed by atoms with Gasteiger partial charge in [0.15, 0.2) is 11.5 Å². The van der Waals surface area contributed by atoms with Gasteiger partial charge in [-0.25, -0.2) is 0 Å². The topological polar surface area (TPSA) is 74.6 Å². The van der Waals surface area contributed by atoms with E-state index in [1.165, 1.54) is 11.8 Å². The maximum absolute atomic E-state index is 12.0. The van der Waals surface area contributed by atoms with Crippen LogP contribution in [-0.2, 0) is 11.8 Å². The van der Waals surface area contributed by atoms with Crippen LogP contribution >= 0.6 is 11.8 Å². The Labute approximate surface area is 144 Å². The summed E-state index contributed by atoms with van der Waals surface area (Å²) in [6.07, 6.45) is 1.77. The van der Waals surface area contributed by atoms with Crippen LogP contribution in [0, 0.1) is 0 Å². The molecule has 128 valence electrons. The summed E-state index contributed by atoms with van der Waals surface area (Å²) >= 11 is 1.52. The largest absolute Gasteiger partial charge is 0.496 e. The second-order valence-electron chi connectivity index (χ2n) is 5.26. The van der Waals surface area contributed by atoms with E-state index in [4.69, 9.17) is 14.2 Å². The van der Waals surface area contributed by atoms with Crippen LogP contribution in [0.3, 0.4) is 0 Å². The van der Waals surface area contributed by atoms with Gasteiger partial charge < -0.3 is 19.5 Å². The van der Waals surface area contributed by atoms with Crippen LogP contribution in [0.15, 0.2) is 18.3 Å². The molecule has 0 saturated carbocycles. The maximum atomic E-state index is 12.0. The quantitative estimate of drug-likeness (QED) is 0.912. The zero-order valence-corrected chi connectivity index (χ0v) is 14.8. The molecule has 1 N–H and O–H groups in total. The third-order valence-electron chi connectivity index (χ3n) is 3.91. The molecule has 1 amide bonds. The van der Waals surface area contributed by atoms with Crippen LogP contribution < -0.4 is 19.5 Å². The molecule has 0 fully saturated rings. The second kappa shape index (κ2) is 6.64. The Balaban J connectivity index is 2.15. The number of anilines is 1. The summed E-state index contributed by atoms with van der Waals surface area (Å²) in [7, 11) is 6.59. The van der Waals surface area contributed by atoms with Crippen molar-refractivity contribution in [3.8, 4) is 17.2 Å². The molecule has 0 radical (unpaired) electrons. The number of thioether (sulfide) groups is 1. The number of nitrogens with one attached hydrogen (secondary N) is 1. The highest BCUT2D eigenvalue weighted by Gasteiger charge is 2.30. The first-order valence-electron chi connectivity index (χ1n) is 7.32. The van der Waals surface area contributed by atoms with Crippen molar-refractivity contribution in [3.05, 3.63) is 29.5 Å². The molecule has 0 unspecified atom stereocenters. The highest BCUT2D eigenvalue weighted by molar-refractivity contribution is 8.00. The molecule has 1 aliphatic rings. The lowest BCUT2D eigenvalue weighted by Gasteiger charge is -2.20. The summed E-state index contributed by atoms with van der Waals surface area (Å²) in [5.41, 5.74) is 1.84. The van der Waals surface area contributed by atoms with Crippen molar-refractivity contribution in [3.63, 3.8) is 0 Å². The molecule has 0 bridgehead atoms. The van der Waals surface area contributed by atoms with Crippen LogP contribution in [0.2, 0.25) is 0 Å². The molecule has 2 heterocycles. The SMILES string of the molecule is COc1cc(OC)c([C@H]2SCC(=O)Nc3c2cnn3C)cc1OC. The van der Waals surface area contributed by atoms with Gasteiger partial charge in [-0.3, -0.25) is 9.48 Å². The Bertz CT molecular complexity index is 775. The fourth-order valence-electron chi connectivity index (χ4n) is 2.73. The van der Waals surface area contributed by atoms with Crippen molar-refractivity contribution in [1.29, 1.82) is 0 Å². The third-order valence-corrected chi connectivity index (χ3v) is 5.18. The Morgan fingerprint density at radius 1 is 1.12 bits per heavy atom. The summed E-state index contributed by atoms with van der Waals surface area (Å²) in [6, 6.07) is 3.69. The molecule has 24 heavy (non-hydrogen) atoms. The van der Waals surface area contributed by atoms with Gasteiger partial charge in [-0.05, 0) is 6.07 Å². The van der Waals surface area contributed by atoms with Gasteiger partial charge in [0.05, 0.1) is 38.5 Å². The van der Waals surface area contributed by atoms with E-state index in [-0.39, 0.29) is 11.2 Å². The number of carbonyl (C=O) groups is 1. The number of carbonyl (C=O) groups excluding carboxylic acids is 1. The van der Waals surface area contributed by atoms with Gasteiger partial charge in [0, 0.05) is 24.2 Å². The molecule has 7 nitrogen and oxygen atoms in total. The summed E-state index contributed by atoms with van der Waals surface area (Å²) in [4.78, 5) is 12.0. The van der Waals surface area contributed by atoms with Gasteiger partial charge in [-0.1, -0.05) is 0 Å². The van der Waals surface area contributed by atoms with Gasteiger partial charge >= 0.3 is 0 Å². The van der Waals surface area contributed by atoms with Crippen LogP contribution in [0.1, 0.15) is 16.4 Å². The number of methoxy groups -OCH3 is 3. The smallest absolute Gasteiger partial charge is 0.235 e. The number of rotatable bonds is 4. The summed E-state index contributed by atoms with van der Waals surface area (Å²) < 4.78 is 18.0. The van der Waals surface area contributed by atoms with E-state index in [9.17, 15) is 4.79 Å². The fraction of sp³-hybridized carbons (Fsp3) is 0.375. The summed E-state index contributed by atoms with van der Waals surface area (Å²) in [5.74, 6) is 2.88. The molecular weight excluding hydrogens is 330 g/mol. The molecular formula is C16H19N3O4S. The molecule has 8 heteroatoms. The Morgan fingerprint density at radius 3 is 2.46 bits per heavy atom. The molecule has 1 aromatic carbocycles. The second-order valence-corrected chi connectivity index (χ2v) is 6.35. The monoisotopic (exact) mass is 349 g/mol. The number of nitrogens with zero attached hydrogens (tertiary/aromatic N) is 2. The van der Waals surface area contributed by atoms with Crippen molar-refractivity contribution in [1.82, 2.24) is 9.78 Å². The van der Waals surface area contributed by atoms with E-state index in [0.29, 0.717) is 28.8 Å². The first-order valence-corrected chi connectivity index (χ1v) is 8.37. The maximum Gasteiger partial charge on any atom is 0.235 e. The van der Waals surface area contributed by atoms with Crippen molar-refractivity contribution in [2.75, 3.05) is 32.4 Å². The predicted molar refractivity (Wildman–Crippen MR) is 92.2 cm³/mol. The lowest BCUT2D eigenvalue weighted by Crippen LogP contribution is -2.15. The third kappa shape index (κ3) is 2.77. The molecule has 1 aliphatic heterocycles. The first kappa shape index (κ1) is 16.5. The van der Waals surface area contributed by atoms with Gasteiger partial charge in [0.1, 0.15) is 11.6 Å². The lowest BCUT2D eigenvalue weighted by atomic mass is 10.0. The van der Waals surface area contributed by atoms with Gasteiger partial charge in [-0.15, -0.1) is 11.8 Å². The minimum absolute atomic E-state index is 0.0493. The zero-order chi connectivity index (χ0) is 17.3. The molecule has 1 aromatic heterocycles. The molecule has 0 aliphatic carbocycles. The van der Waals surface area contributed by atoms with Crippen molar-refractivity contribution >= 4 is 23.5 Å². The lowest BCUT2D eigenvalue weighted by molar-refractivity contribution is -0.113. The predicted octanol–water partition coefficient (Wildman–Crippen LogP) is 2.22. The number of benzene rings is 1. The van der Waals surface area contributed by atoms with Gasteiger partial charge in [0.2, 0.25) is 5.91 Å². The molecule has 0 saturated heterocycles. The van der Waals surface area contributed by atoms with Crippen molar-refractivity contribution in [2.24, 2.45) is 7.05 Å². The van der Waals surface area contributed by atoms with Gasteiger partial charge in [-0.2, -0.15) is 5.10 Å². The number of aromatic nitrogens is 2. The van der Waals surface area contributed by atoms with Crippen molar-refractivity contribution in [2.45, 2.75) is 5.25 Å². The van der Waals surface area contributed by atoms with Crippen LogP contribution in [0.4, 0.5) is 5.82 Å². The number of ether oxygens (including phenoxy) is 3. The molecule has 1 atom stereocenters. The summed E-state index contributed by atoms with van der Waals surface area (Å²) in [6.45, 7) is 0.